The summed E-state index contributed by atoms with van der Waals surface area (Å²) in [6, 6.07) is 0.212. The smallest absolute Gasteiger partial charge is 0.303 e. The van der Waals surface area contributed by atoms with Gasteiger partial charge in [0.15, 0.2) is 0 Å². The van der Waals surface area contributed by atoms with Crippen molar-refractivity contribution >= 4 is 11.9 Å². The van der Waals surface area contributed by atoms with Gasteiger partial charge >= 0.3 is 5.97 Å². The molecule has 0 saturated carbocycles. The molecule has 1 heterocycles. The van der Waals surface area contributed by atoms with E-state index in [-0.39, 0.29) is 24.3 Å². The molecule has 2 N–H and O–H groups in total. The van der Waals surface area contributed by atoms with Crippen LogP contribution in [-0.4, -0.2) is 47.6 Å². The topological polar surface area (TPSA) is 69.6 Å². The summed E-state index contributed by atoms with van der Waals surface area (Å²) in [6.07, 6.45) is 1.14. The number of likely N-dealkylation sites (tertiary alicyclic amines) is 1. The highest BCUT2D eigenvalue weighted by Gasteiger charge is 2.29. The second kappa shape index (κ2) is 5.84. The molecule has 0 aromatic heterocycles. The number of nitrogens with zero attached hydrogens (tertiary/aromatic N) is 1. The maximum Gasteiger partial charge on any atom is 0.303 e. The number of nitrogens with one attached hydrogen (secondary N) is 1. The van der Waals surface area contributed by atoms with Gasteiger partial charge in [0.2, 0.25) is 5.91 Å². The van der Waals surface area contributed by atoms with E-state index >= 15 is 0 Å². The molecule has 1 aliphatic rings. The Balaban J connectivity index is 2.12. The van der Waals surface area contributed by atoms with Crippen LogP contribution >= 0.6 is 0 Å². The summed E-state index contributed by atoms with van der Waals surface area (Å²) in [4.78, 5) is 23.9. The lowest BCUT2D eigenvalue weighted by molar-refractivity contribution is -0.139. The Morgan fingerprint density at radius 1 is 1.50 bits per heavy atom. The Morgan fingerprint density at radius 3 is 2.62 bits per heavy atom. The quantitative estimate of drug-likeness (QED) is 0.686. The first-order chi connectivity index (χ1) is 7.51. The van der Waals surface area contributed by atoms with Gasteiger partial charge < -0.3 is 10.4 Å². The van der Waals surface area contributed by atoms with Gasteiger partial charge in [0.25, 0.3) is 0 Å². The van der Waals surface area contributed by atoms with Crippen molar-refractivity contribution in [2.24, 2.45) is 5.92 Å². The Hall–Kier alpha value is -1.10. The molecule has 5 heteroatoms. The first-order valence-electron chi connectivity index (χ1n) is 5.74. The number of carboxylic acids is 1. The van der Waals surface area contributed by atoms with Gasteiger partial charge in [-0.3, -0.25) is 14.5 Å². The zero-order chi connectivity index (χ0) is 12.1. The summed E-state index contributed by atoms with van der Waals surface area (Å²) in [7, 11) is 0. The zero-order valence-corrected chi connectivity index (χ0v) is 9.90. The second-order valence-corrected chi connectivity index (χ2v) is 4.53. The Kier molecular flexibility index (Phi) is 4.73. The summed E-state index contributed by atoms with van der Waals surface area (Å²) in [6.45, 7) is 5.83. The van der Waals surface area contributed by atoms with Gasteiger partial charge in [-0.2, -0.15) is 0 Å². The summed E-state index contributed by atoms with van der Waals surface area (Å²) < 4.78 is 0. The summed E-state index contributed by atoms with van der Waals surface area (Å²) in [5, 5.41) is 11.5. The molecule has 5 nitrogen and oxygen atoms in total. The van der Waals surface area contributed by atoms with E-state index in [0.29, 0.717) is 6.54 Å². The van der Waals surface area contributed by atoms with Gasteiger partial charge in [0.05, 0.1) is 13.0 Å². The first-order valence-corrected chi connectivity index (χ1v) is 5.74. The highest BCUT2D eigenvalue weighted by molar-refractivity contribution is 5.78. The van der Waals surface area contributed by atoms with Crippen molar-refractivity contribution < 1.29 is 14.7 Å². The van der Waals surface area contributed by atoms with Crippen molar-refractivity contribution in [3.8, 4) is 0 Å². The third-order valence-electron chi connectivity index (χ3n) is 2.88. The van der Waals surface area contributed by atoms with Crippen molar-refractivity contribution in [3.63, 3.8) is 0 Å². The van der Waals surface area contributed by atoms with E-state index in [0.717, 1.165) is 19.5 Å². The SMILES string of the molecule is CCC(C)NC(=O)CN1CC(CC(=O)O)C1. The molecule has 0 radical (unpaired) electrons. The lowest BCUT2D eigenvalue weighted by Crippen LogP contribution is -2.52. The highest BCUT2D eigenvalue weighted by atomic mass is 16.4. The molecule has 1 unspecified atom stereocenters. The molecular weight excluding hydrogens is 208 g/mol. The minimum atomic E-state index is -0.756. The average molecular weight is 228 g/mol. The third-order valence-corrected chi connectivity index (χ3v) is 2.88. The molecule has 92 valence electrons. The number of carbonyl (C=O) groups excluding carboxylic acids is 1. The predicted octanol–water partition coefficient (Wildman–Crippen LogP) is 0.308. The van der Waals surface area contributed by atoms with Crippen molar-refractivity contribution in [2.45, 2.75) is 32.7 Å². The van der Waals surface area contributed by atoms with E-state index in [2.05, 4.69) is 5.32 Å². The number of hydrogen-bond acceptors (Lipinski definition) is 3. The third kappa shape index (κ3) is 4.18. The lowest BCUT2D eigenvalue weighted by Gasteiger charge is -2.38. The predicted molar refractivity (Wildman–Crippen MR) is 60.1 cm³/mol. The number of rotatable bonds is 6. The van der Waals surface area contributed by atoms with E-state index < -0.39 is 5.97 Å². The Morgan fingerprint density at radius 2 is 2.12 bits per heavy atom. The molecular formula is C11H20N2O3. The van der Waals surface area contributed by atoms with Crippen LogP contribution in [0.5, 0.6) is 0 Å². The van der Waals surface area contributed by atoms with E-state index in [1.165, 1.54) is 0 Å². The van der Waals surface area contributed by atoms with Crippen LogP contribution in [-0.2, 0) is 9.59 Å². The second-order valence-electron chi connectivity index (χ2n) is 4.53. The van der Waals surface area contributed by atoms with Gasteiger partial charge in [-0.15, -0.1) is 0 Å². The molecule has 1 fully saturated rings. The molecule has 16 heavy (non-hydrogen) atoms. The first kappa shape index (κ1) is 13.0. The van der Waals surface area contributed by atoms with Crippen LogP contribution in [0.3, 0.4) is 0 Å². The van der Waals surface area contributed by atoms with Crippen LogP contribution in [0.2, 0.25) is 0 Å². The normalized spacial score (nSPS) is 18.9. The Labute approximate surface area is 95.8 Å². The van der Waals surface area contributed by atoms with Gasteiger partial charge in [0.1, 0.15) is 0 Å². The molecule has 1 atom stereocenters. The fraction of sp³-hybridized carbons (Fsp3) is 0.818. The number of carbonyl (C=O) groups is 2. The van der Waals surface area contributed by atoms with Crippen molar-refractivity contribution in [1.82, 2.24) is 10.2 Å². The molecule has 0 aliphatic carbocycles. The monoisotopic (exact) mass is 228 g/mol. The molecule has 1 amide bonds. The summed E-state index contributed by atoms with van der Waals surface area (Å²) in [5.74, 6) is -0.509. The van der Waals surface area contributed by atoms with E-state index in [4.69, 9.17) is 5.11 Å². The van der Waals surface area contributed by atoms with E-state index in [9.17, 15) is 9.59 Å². The maximum absolute atomic E-state index is 11.5. The van der Waals surface area contributed by atoms with Crippen molar-refractivity contribution in [1.29, 1.82) is 0 Å². The van der Waals surface area contributed by atoms with Crippen LogP contribution in [0.25, 0.3) is 0 Å². The zero-order valence-electron chi connectivity index (χ0n) is 9.90. The lowest BCUT2D eigenvalue weighted by atomic mass is 9.96. The Bertz CT molecular complexity index is 262. The standard InChI is InChI=1S/C11H20N2O3/c1-3-8(2)12-10(14)7-13-5-9(6-13)4-11(15)16/h8-9H,3-7H2,1-2H3,(H,12,14)(H,15,16). The molecule has 0 spiro atoms. The minimum absolute atomic E-state index is 0.0307. The molecule has 1 rings (SSSR count). The van der Waals surface area contributed by atoms with Gasteiger partial charge in [0, 0.05) is 19.1 Å². The van der Waals surface area contributed by atoms with Crippen LogP contribution in [0.15, 0.2) is 0 Å². The van der Waals surface area contributed by atoms with Crippen molar-refractivity contribution in [3.05, 3.63) is 0 Å². The average Bonchev–Trinajstić information content (AvgIpc) is 2.13. The van der Waals surface area contributed by atoms with Crippen LogP contribution in [0.1, 0.15) is 26.7 Å². The number of hydrogen-bond donors (Lipinski definition) is 2. The summed E-state index contributed by atoms with van der Waals surface area (Å²) in [5.41, 5.74) is 0. The van der Waals surface area contributed by atoms with Crippen LogP contribution in [0.4, 0.5) is 0 Å². The fourth-order valence-electron chi connectivity index (χ4n) is 1.81. The van der Waals surface area contributed by atoms with E-state index in [1.54, 1.807) is 0 Å². The summed E-state index contributed by atoms with van der Waals surface area (Å²) >= 11 is 0. The number of carboxylic acid groups (broad SMARTS) is 1. The largest absolute Gasteiger partial charge is 0.481 e. The number of amides is 1. The van der Waals surface area contributed by atoms with Gasteiger partial charge in [-0.05, 0) is 19.3 Å². The molecule has 1 saturated heterocycles. The highest BCUT2D eigenvalue weighted by Crippen LogP contribution is 2.18. The molecule has 0 aromatic rings. The molecule has 1 aliphatic heterocycles. The number of aliphatic carboxylic acids is 1. The van der Waals surface area contributed by atoms with Crippen LogP contribution < -0.4 is 5.32 Å². The van der Waals surface area contributed by atoms with Gasteiger partial charge in [-0.25, -0.2) is 0 Å². The van der Waals surface area contributed by atoms with E-state index in [1.807, 2.05) is 18.7 Å². The molecule has 0 bridgehead atoms. The fourth-order valence-corrected chi connectivity index (χ4v) is 1.81. The minimum Gasteiger partial charge on any atom is -0.481 e. The molecule has 0 aromatic carbocycles. The van der Waals surface area contributed by atoms with Crippen LogP contribution in [0, 0.1) is 5.92 Å². The van der Waals surface area contributed by atoms with Gasteiger partial charge in [-0.1, -0.05) is 6.92 Å². The maximum atomic E-state index is 11.5. The van der Waals surface area contributed by atoms with Crippen molar-refractivity contribution in [2.75, 3.05) is 19.6 Å².